The summed E-state index contributed by atoms with van der Waals surface area (Å²) >= 11 is 0. The SMILES string of the molecule is c1cc2c(c(-c3cccc4c3OCC4)c1)NCCC2. The van der Waals surface area contributed by atoms with Crippen molar-refractivity contribution in [1.29, 1.82) is 0 Å². The number of anilines is 1. The molecule has 0 unspecified atom stereocenters. The van der Waals surface area contributed by atoms with E-state index in [1.165, 1.54) is 40.8 Å². The second-order valence-electron chi connectivity index (χ2n) is 5.26. The van der Waals surface area contributed by atoms with Gasteiger partial charge in [0.1, 0.15) is 5.75 Å². The summed E-state index contributed by atoms with van der Waals surface area (Å²) in [5.41, 5.74) is 6.60. The normalized spacial score (nSPS) is 16.2. The molecular weight excluding hydrogens is 234 g/mol. The van der Waals surface area contributed by atoms with Gasteiger partial charge in [-0.05, 0) is 24.0 Å². The van der Waals surface area contributed by atoms with E-state index < -0.39 is 0 Å². The van der Waals surface area contributed by atoms with E-state index in [9.17, 15) is 0 Å². The van der Waals surface area contributed by atoms with Crippen LogP contribution in [0.25, 0.3) is 11.1 Å². The molecule has 0 radical (unpaired) electrons. The molecule has 2 aromatic carbocycles. The highest BCUT2D eigenvalue weighted by molar-refractivity contribution is 5.85. The number of para-hydroxylation sites is 2. The van der Waals surface area contributed by atoms with Crippen molar-refractivity contribution in [3.8, 4) is 16.9 Å². The van der Waals surface area contributed by atoms with Crippen LogP contribution in [-0.2, 0) is 12.8 Å². The van der Waals surface area contributed by atoms with Crippen LogP contribution < -0.4 is 10.1 Å². The number of nitrogens with one attached hydrogen (secondary N) is 1. The first-order valence-electron chi connectivity index (χ1n) is 7.04. The molecule has 2 heterocycles. The lowest BCUT2D eigenvalue weighted by Gasteiger charge is -2.22. The molecule has 19 heavy (non-hydrogen) atoms. The smallest absolute Gasteiger partial charge is 0.130 e. The van der Waals surface area contributed by atoms with E-state index in [4.69, 9.17) is 4.74 Å². The van der Waals surface area contributed by atoms with Gasteiger partial charge in [0.2, 0.25) is 0 Å². The maximum absolute atomic E-state index is 5.85. The first-order valence-corrected chi connectivity index (χ1v) is 7.04. The Morgan fingerprint density at radius 1 is 0.895 bits per heavy atom. The van der Waals surface area contributed by atoms with E-state index in [1.807, 2.05) is 0 Å². The van der Waals surface area contributed by atoms with E-state index in [0.717, 1.165) is 25.3 Å². The van der Waals surface area contributed by atoms with Crippen molar-refractivity contribution in [3.05, 3.63) is 47.5 Å². The number of fused-ring (bicyclic) bond motifs is 2. The van der Waals surface area contributed by atoms with Gasteiger partial charge in [-0.3, -0.25) is 0 Å². The Morgan fingerprint density at radius 2 is 1.74 bits per heavy atom. The summed E-state index contributed by atoms with van der Waals surface area (Å²) in [6.07, 6.45) is 3.43. The molecule has 2 nitrogen and oxygen atoms in total. The Hall–Kier alpha value is -1.96. The number of benzene rings is 2. The summed E-state index contributed by atoms with van der Waals surface area (Å²) in [5.74, 6) is 1.09. The molecule has 0 aromatic heterocycles. The molecule has 0 amide bonds. The molecule has 0 saturated heterocycles. The molecule has 0 aliphatic carbocycles. The molecule has 0 atom stereocenters. The third-order valence-corrected chi connectivity index (χ3v) is 4.08. The fourth-order valence-corrected chi connectivity index (χ4v) is 3.16. The Kier molecular flexibility index (Phi) is 2.47. The highest BCUT2D eigenvalue weighted by Crippen LogP contribution is 2.41. The predicted octanol–water partition coefficient (Wildman–Crippen LogP) is 3.65. The van der Waals surface area contributed by atoms with Crippen LogP contribution in [0.15, 0.2) is 36.4 Å². The van der Waals surface area contributed by atoms with Crippen LogP contribution in [0.5, 0.6) is 5.75 Å². The second kappa shape index (κ2) is 4.30. The van der Waals surface area contributed by atoms with Crippen LogP contribution in [-0.4, -0.2) is 13.2 Å². The summed E-state index contributed by atoms with van der Waals surface area (Å²) < 4.78 is 5.85. The van der Waals surface area contributed by atoms with E-state index in [-0.39, 0.29) is 0 Å². The zero-order chi connectivity index (χ0) is 12.7. The Morgan fingerprint density at radius 3 is 2.68 bits per heavy atom. The second-order valence-corrected chi connectivity index (χ2v) is 5.26. The zero-order valence-corrected chi connectivity index (χ0v) is 10.9. The van der Waals surface area contributed by atoms with Crippen LogP contribution in [0.3, 0.4) is 0 Å². The summed E-state index contributed by atoms with van der Waals surface area (Å²) in [7, 11) is 0. The number of hydrogen-bond acceptors (Lipinski definition) is 2. The van der Waals surface area contributed by atoms with Crippen molar-refractivity contribution in [2.75, 3.05) is 18.5 Å². The van der Waals surface area contributed by atoms with Crippen molar-refractivity contribution in [2.45, 2.75) is 19.3 Å². The van der Waals surface area contributed by atoms with Gasteiger partial charge < -0.3 is 10.1 Å². The number of hydrogen-bond donors (Lipinski definition) is 1. The lowest BCUT2D eigenvalue weighted by atomic mass is 9.94. The van der Waals surface area contributed by atoms with Gasteiger partial charge in [0.25, 0.3) is 0 Å². The van der Waals surface area contributed by atoms with Crippen LogP contribution in [0.1, 0.15) is 17.5 Å². The molecule has 1 N–H and O–H groups in total. The fraction of sp³-hybridized carbons (Fsp3) is 0.294. The number of ether oxygens (including phenoxy) is 1. The highest BCUT2D eigenvalue weighted by atomic mass is 16.5. The number of rotatable bonds is 1. The van der Waals surface area contributed by atoms with Gasteiger partial charge in [0.15, 0.2) is 0 Å². The Balaban J connectivity index is 1.92. The van der Waals surface area contributed by atoms with Crippen molar-refractivity contribution in [1.82, 2.24) is 0 Å². The largest absolute Gasteiger partial charge is 0.492 e. The Labute approximate surface area is 113 Å². The summed E-state index contributed by atoms with van der Waals surface area (Å²) in [6.45, 7) is 1.88. The average Bonchev–Trinajstić information content (AvgIpc) is 2.95. The molecule has 0 spiro atoms. The van der Waals surface area contributed by atoms with Crippen LogP contribution in [0.4, 0.5) is 5.69 Å². The minimum absolute atomic E-state index is 0.814. The van der Waals surface area contributed by atoms with Gasteiger partial charge >= 0.3 is 0 Å². The van der Waals surface area contributed by atoms with Crippen LogP contribution in [0.2, 0.25) is 0 Å². The van der Waals surface area contributed by atoms with Gasteiger partial charge in [-0.25, -0.2) is 0 Å². The quantitative estimate of drug-likeness (QED) is 0.835. The molecule has 4 rings (SSSR count). The summed E-state index contributed by atoms with van der Waals surface area (Å²) in [4.78, 5) is 0. The lowest BCUT2D eigenvalue weighted by molar-refractivity contribution is 0.358. The minimum atomic E-state index is 0.814. The molecule has 2 aliphatic rings. The average molecular weight is 251 g/mol. The predicted molar refractivity (Wildman–Crippen MR) is 77.9 cm³/mol. The first kappa shape index (κ1) is 10.9. The standard InChI is InChI=1S/C17H17NO/c1-4-12-6-3-10-18-16(12)14(7-1)15-8-2-5-13-9-11-19-17(13)15/h1-2,4-5,7-8,18H,3,6,9-11H2. The molecule has 96 valence electrons. The van der Waals surface area contributed by atoms with Crippen LogP contribution in [0, 0.1) is 0 Å². The molecule has 0 fully saturated rings. The van der Waals surface area contributed by atoms with Gasteiger partial charge in [0.05, 0.1) is 6.61 Å². The van der Waals surface area contributed by atoms with Gasteiger partial charge in [0, 0.05) is 29.8 Å². The molecule has 2 aliphatic heterocycles. The third kappa shape index (κ3) is 1.71. The van der Waals surface area contributed by atoms with E-state index in [2.05, 4.69) is 41.7 Å². The van der Waals surface area contributed by atoms with Crippen molar-refractivity contribution in [3.63, 3.8) is 0 Å². The van der Waals surface area contributed by atoms with E-state index >= 15 is 0 Å². The number of aryl methyl sites for hydroxylation is 1. The molecule has 2 aromatic rings. The van der Waals surface area contributed by atoms with Gasteiger partial charge in [-0.1, -0.05) is 36.4 Å². The van der Waals surface area contributed by atoms with Gasteiger partial charge in [-0.2, -0.15) is 0 Å². The minimum Gasteiger partial charge on any atom is -0.492 e. The van der Waals surface area contributed by atoms with E-state index in [0.29, 0.717) is 0 Å². The molecule has 2 heteroatoms. The summed E-state index contributed by atoms with van der Waals surface area (Å²) in [6, 6.07) is 13.1. The topological polar surface area (TPSA) is 21.3 Å². The Bertz CT molecular complexity index is 633. The summed E-state index contributed by atoms with van der Waals surface area (Å²) in [5, 5.41) is 3.57. The maximum atomic E-state index is 5.85. The van der Waals surface area contributed by atoms with Crippen LogP contribution >= 0.6 is 0 Å². The van der Waals surface area contributed by atoms with Crippen molar-refractivity contribution in [2.24, 2.45) is 0 Å². The molecule has 0 saturated carbocycles. The fourth-order valence-electron chi connectivity index (χ4n) is 3.16. The molecule has 0 bridgehead atoms. The highest BCUT2D eigenvalue weighted by Gasteiger charge is 2.20. The maximum Gasteiger partial charge on any atom is 0.130 e. The molecular formula is C17H17NO. The van der Waals surface area contributed by atoms with E-state index in [1.54, 1.807) is 0 Å². The monoisotopic (exact) mass is 251 g/mol. The first-order chi connectivity index (χ1) is 9.43. The zero-order valence-electron chi connectivity index (χ0n) is 10.9. The van der Waals surface area contributed by atoms with Crippen molar-refractivity contribution < 1.29 is 4.74 Å². The van der Waals surface area contributed by atoms with Crippen molar-refractivity contribution >= 4 is 5.69 Å². The van der Waals surface area contributed by atoms with Gasteiger partial charge in [-0.15, -0.1) is 0 Å². The lowest BCUT2D eigenvalue weighted by Crippen LogP contribution is -2.12. The third-order valence-electron chi connectivity index (χ3n) is 4.08.